The molecule has 2 aliphatic heterocycles. The fourth-order valence-corrected chi connectivity index (χ4v) is 13.7. The second-order valence-corrected chi connectivity index (χ2v) is 21.0. The van der Waals surface area contributed by atoms with Crippen molar-refractivity contribution < 1.29 is 14.4 Å². The van der Waals surface area contributed by atoms with E-state index in [9.17, 15) is 14.4 Å². The van der Waals surface area contributed by atoms with Crippen LogP contribution in [0.1, 0.15) is 115 Å². The molecule has 0 unspecified atom stereocenters. The Morgan fingerprint density at radius 2 is 1.18 bits per heavy atom. The molecule has 0 atom stereocenters. The topological polar surface area (TPSA) is 166 Å². The van der Waals surface area contributed by atoms with Crippen molar-refractivity contribution in [1.82, 2.24) is 30.2 Å². The number of hydrogen-bond donors (Lipinski definition) is 3. The molecule has 14 rings (SSSR count). The second kappa shape index (κ2) is 20.2. The lowest BCUT2D eigenvalue weighted by molar-refractivity contribution is -0.141. The maximum absolute atomic E-state index is 13.5. The number of rotatable bonds is 7. The average Bonchev–Trinajstić information content (AvgIpc) is 3.32. The molecule has 65 heavy (non-hydrogen) atoms. The summed E-state index contributed by atoms with van der Waals surface area (Å²) in [6, 6.07) is 19.7. The van der Waals surface area contributed by atoms with Crippen molar-refractivity contribution >= 4 is 46.7 Å². The summed E-state index contributed by atoms with van der Waals surface area (Å²) in [5.41, 5.74) is 6.17. The van der Waals surface area contributed by atoms with Crippen molar-refractivity contribution in [1.29, 1.82) is 5.26 Å². The molecule has 2 aromatic heterocycles. The number of benzene rings is 2. The summed E-state index contributed by atoms with van der Waals surface area (Å²) < 4.78 is 0. The molecule has 2 aromatic carbocycles. The van der Waals surface area contributed by atoms with Gasteiger partial charge in [-0.3, -0.25) is 19.3 Å². The van der Waals surface area contributed by atoms with Gasteiger partial charge in [-0.2, -0.15) is 0 Å². The molecule has 2 amide bonds. The number of nitriles is 1. The van der Waals surface area contributed by atoms with Gasteiger partial charge in [0.25, 0.3) is 0 Å². The first kappa shape index (κ1) is 45.1. The minimum atomic E-state index is -0.138. The zero-order valence-corrected chi connectivity index (χ0v) is 39.9. The first-order chi connectivity index (χ1) is 31.7. The van der Waals surface area contributed by atoms with Crippen LogP contribution in [0.5, 0.6) is 0 Å². The number of fused-ring (bicyclic) bond motifs is 2. The molecular weight excluding hydrogens is 826 g/mol. The van der Waals surface area contributed by atoms with Gasteiger partial charge < -0.3 is 16.0 Å². The van der Waals surface area contributed by atoms with Crippen molar-refractivity contribution in [2.24, 2.45) is 46.3 Å². The van der Waals surface area contributed by atoms with Gasteiger partial charge in [0.1, 0.15) is 30.6 Å². The molecule has 8 saturated carbocycles. The second-order valence-electron chi connectivity index (χ2n) is 20.4. The first-order valence-corrected chi connectivity index (χ1v) is 25.3. The third-order valence-electron chi connectivity index (χ3n) is 15.8. The van der Waals surface area contributed by atoms with E-state index in [-0.39, 0.29) is 22.6 Å². The van der Waals surface area contributed by atoms with Gasteiger partial charge in [-0.1, -0.05) is 60.7 Å². The Morgan fingerprint density at radius 1 is 0.723 bits per heavy atom. The number of carbonyl (C=O) groups excluding carboxylic acids is 3. The maximum Gasteiger partial charge on any atom is 0.232 e. The van der Waals surface area contributed by atoms with Crippen LogP contribution in [0.4, 0.5) is 11.6 Å². The van der Waals surface area contributed by atoms with Crippen molar-refractivity contribution in [3.63, 3.8) is 0 Å². The first-order valence-electron chi connectivity index (χ1n) is 24.2. The number of nitrogens with one attached hydrogen (secondary N) is 3. The van der Waals surface area contributed by atoms with Crippen LogP contribution >= 0.6 is 0 Å². The van der Waals surface area contributed by atoms with E-state index in [0.29, 0.717) is 0 Å². The smallest absolute Gasteiger partial charge is 0.232 e. The lowest BCUT2D eigenvalue weighted by Gasteiger charge is -2.55. The number of carbonyl (C=O) groups is 3. The minimum Gasteiger partial charge on any atom is -0.311 e. The Kier molecular flexibility index (Phi) is 14.0. The predicted molar refractivity (Wildman–Crippen MR) is 255 cm³/mol. The Morgan fingerprint density at radius 3 is 1.65 bits per heavy atom. The Balaban J connectivity index is 0.000000134. The highest BCUT2D eigenvalue weighted by Gasteiger charge is 2.56. The van der Waals surface area contributed by atoms with E-state index in [1.54, 1.807) is 31.7 Å². The molecule has 8 fully saturated rings. The standard InChI is InChI=1S/C25H30N4O.C18H24N4O.C7H6O.CH3BNSi/c30-24(25-11-18-8-19(12-25)10-20(9-18)13-25)28-23-21-6-7-29(15-22(21)26-16-27-23)14-17-4-2-1-3-5-17;23-17(18-6-11-3-12(7-18)5-13(4-11)8-18)22-16-14-1-2-19-9-15(14)20-10-21-16;8-6-7-4-2-1-3-5-7;3-1-2-4/h1-5,16,18-20H,6-15H2,(H,26,27,28,30);10-13,19H,1-9H2,(H,20,21,22,23);1-6H;4H3. The number of aldehydes is 1. The lowest BCUT2D eigenvalue weighted by Crippen LogP contribution is -2.52. The van der Waals surface area contributed by atoms with Gasteiger partial charge in [-0.15, -0.1) is 0 Å². The minimum absolute atomic E-state index is 0.112. The van der Waals surface area contributed by atoms with Crippen LogP contribution in [-0.2, 0) is 42.1 Å². The summed E-state index contributed by atoms with van der Waals surface area (Å²) in [7, 11) is 0.904. The van der Waals surface area contributed by atoms with Crippen molar-refractivity contribution in [2.75, 3.05) is 23.7 Å². The molecule has 1 radical (unpaired) electrons. The van der Waals surface area contributed by atoms with Crippen LogP contribution in [0, 0.1) is 57.6 Å². The zero-order valence-electron chi connectivity index (χ0n) is 37.9. The van der Waals surface area contributed by atoms with Gasteiger partial charge in [0.2, 0.25) is 18.7 Å². The van der Waals surface area contributed by atoms with Crippen molar-refractivity contribution in [3.05, 3.63) is 107 Å². The zero-order chi connectivity index (χ0) is 44.8. The normalized spacial score (nSPS) is 29.4. The molecule has 12 nitrogen and oxygen atoms in total. The maximum atomic E-state index is 13.5. The molecule has 337 valence electrons. The van der Waals surface area contributed by atoms with Gasteiger partial charge in [0, 0.05) is 42.9 Å². The van der Waals surface area contributed by atoms with E-state index in [0.717, 1.165) is 176 Å². The van der Waals surface area contributed by atoms with Gasteiger partial charge in [0.05, 0.1) is 22.2 Å². The number of amides is 2. The molecule has 14 heteroatoms. The highest BCUT2D eigenvalue weighted by Crippen LogP contribution is 2.61. The molecular formula is C51H63BN9O3Si. The van der Waals surface area contributed by atoms with Gasteiger partial charge in [-0.05, 0) is 154 Å². The van der Waals surface area contributed by atoms with Crippen LogP contribution in [0.2, 0.25) is 0 Å². The van der Waals surface area contributed by atoms with Crippen molar-refractivity contribution in [2.45, 2.75) is 110 Å². The Labute approximate surface area is 387 Å². The SMILES string of the molecule is N#C[B][SiH3].O=C(Nc1ncnc2c1CCN(Cc1ccccc1)C2)C12CC3CC(CC(C3)C1)C2.O=C(Nc1ncnc2c1CCNC2)C12CC3CC(CC(C3)C1)C2.O=Cc1ccccc1. The summed E-state index contributed by atoms with van der Waals surface area (Å²) in [5, 5.41) is 17.4. The largest absolute Gasteiger partial charge is 0.311 e. The van der Waals surface area contributed by atoms with E-state index in [2.05, 4.69) is 71.1 Å². The van der Waals surface area contributed by atoms with Crippen molar-refractivity contribution in [3.8, 4) is 5.97 Å². The number of aromatic nitrogens is 4. The van der Waals surface area contributed by atoms with Crippen LogP contribution in [0.3, 0.4) is 0 Å². The fourth-order valence-electron chi connectivity index (χ4n) is 13.7. The lowest BCUT2D eigenvalue weighted by atomic mass is 9.49. The quantitative estimate of drug-likeness (QED) is 0.139. The summed E-state index contributed by atoms with van der Waals surface area (Å²) in [4.78, 5) is 56.9. The van der Waals surface area contributed by atoms with E-state index < -0.39 is 0 Å². The van der Waals surface area contributed by atoms with Gasteiger partial charge in [0.15, 0.2) is 0 Å². The van der Waals surface area contributed by atoms with Gasteiger partial charge in [-0.25, -0.2) is 25.2 Å². The highest BCUT2D eigenvalue weighted by molar-refractivity contribution is 6.94. The molecule has 4 aromatic rings. The van der Waals surface area contributed by atoms with E-state index in [4.69, 9.17) is 5.26 Å². The summed E-state index contributed by atoms with van der Waals surface area (Å²) >= 11 is 0. The Bertz CT molecular complexity index is 2290. The number of anilines is 2. The molecule has 10 aliphatic rings. The molecule has 4 heterocycles. The average molecular weight is 889 g/mol. The summed E-state index contributed by atoms with van der Waals surface area (Å²) in [6.45, 7) is 5.99. The predicted octanol–water partition coefficient (Wildman–Crippen LogP) is 6.42. The van der Waals surface area contributed by atoms with Crippen LogP contribution in [0.15, 0.2) is 73.3 Å². The van der Waals surface area contributed by atoms with E-state index >= 15 is 0 Å². The molecule has 0 spiro atoms. The molecule has 3 N–H and O–H groups in total. The highest BCUT2D eigenvalue weighted by atomic mass is 28.1. The summed E-state index contributed by atoms with van der Waals surface area (Å²) in [5.74, 6) is 8.53. The molecule has 0 saturated heterocycles. The van der Waals surface area contributed by atoms with Gasteiger partial charge >= 0.3 is 0 Å². The number of hydrogen-bond acceptors (Lipinski definition) is 10. The summed E-state index contributed by atoms with van der Waals surface area (Å²) in [6.07, 6.45) is 20.5. The third kappa shape index (κ3) is 10.3. The monoisotopic (exact) mass is 888 g/mol. The number of nitrogens with zero attached hydrogens (tertiary/aromatic N) is 6. The molecule has 8 aliphatic carbocycles. The fraction of sp³-hybridized carbons (Fsp3) is 0.529. The molecule has 8 bridgehead atoms. The van der Waals surface area contributed by atoms with Crippen LogP contribution in [0.25, 0.3) is 0 Å². The Hall–Kier alpha value is -5.10. The van der Waals surface area contributed by atoms with Crippen LogP contribution in [-0.4, -0.2) is 73.0 Å². The van der Waals surface area contributed by atoms with Crippen LogP contribution < -0.4 is 16.0 Å². The third-order valence-corrected chi connectivity index (χ3v) is 16.0. The van der Waals surface area contributed by atoms with E-state index in [1.165, 1.54) is 44.1 Å². The van der Waals surface area contributed by atoms with E-state index in [1.807, 2.05) is 24.2 Å².